The van der Waals surface area contributed by atoms with Gasteiger partial charge < -0.3 is 19.5 Å². The van der Waals surface area contributed by atoms with Crippen LogP contribution >= 0.6 is 23.6 Å². The smallest absolute Gasteiger partial charge is 0.227 e. The molecule has 0 spiro atoms. The van der Waals surface area contributed by atoms with Gasteiger partial charge in [0.25, 0.3) is 0 Å². The topological polar surface area (TPSA) is 48.6 Å². The lowest BCUT2D eigenvalue weighted by atomic mass is 10.1. The zero-order chi connectivity index (χ0) is 17.8. The van der Waals surface area contributed by atoms with E-state index < -0.39 is 0 Å². The van der Waals surface area contributed by atoms with Crippen molar-refractivity contribution in [2.45, 2.75) is 19.9 Å². The van der Waals surface area contributed by atoms with Crippen molar-refractivity contribution in [3.05, 3.63) is 44.4 Å². The third kappa shape index (κ3) is 4.48. The van der Waals surface area contributed by atoms with E-state index in [1.165, 1.54) is 22.6 Å². The minimum atomic E-state index is 0.102. The van der Waals surface area contributed by atoms with E-state index in [0.29, 0.717) is 13.0 Å². The van der Waals surface area contributed by atoms with Gasteiger partial charge in [0.1, 0.15) is 0 Å². The highest BCUT2D eigenvalue weighted by Gasteiger charge is 2.18. The molecule has 1 fully saturated rings. The maximum atomic E-state index is 12.6. The fraction of sp³-hybridized carbons (Fsp3) is 0.444. The van der Waals surface area contributed by atoms with Crippen LogP contribution in [0, 0.1) is 10.9 Å². The first-order valence-corrected chi connectivity index (χ1v) is 9.60. The van der Waals surface area contributed by atoms with Crippen molar-refractivity contribution < 1.29 is 9.53 Å². The first kappa shape index (κ1) is 18.1. The van der Waals surface area contributed by atoms with E-state index in [2.05, 4.69) is 22.0 Å². The molecule has 1 aliphatic rings. The molecule has 1 aromatic carbocycles. The second kappa shape index (κ2) is 8.12. The van der Waals surface area contributed by atoms with Gasteiger partial charge in [0.15, 0.2) is 3.95 Å². The number of nitrogens with one attached hydrogen (secondary N) is 1. The molecule has 0 aliphatic carbocycles. The zero-order valence-corrected chi connectivity index (χ0v) is 16.2. The zero-order valence-electron chi connectivity index (χ0n) is 14.6. The number of amides is 1. The van der Waals surface area contributed by atoms with Crippen LogP contribution in [0.25, 0.3) is 0 Å². The van der Waals surface area contributed by atoms with Gasteiger partial charge in [-0.25, -0.2) is 0 Å². The van der Waals surface area contributed by atoms with Crippen LogP contribution in [0.4, 0.5) is 5.69 Å². The summed E-state index contributed by atoms with van der Waals surface area (Å²) in [6, 6.07) is 8.30. The lowest BCUT2D eigenvalue weighted by molar-refractivity contribution is -0.129. The highest BCUT2D eigenvalue weighted by atomic mass is 32.1. The second-order valence-electron chi connectivity index (χ2n) is 6.22. The quantitative estimate of drug-likeness (QED) is 0.813. The number of likely N-dealkylation sites (N-methyl/N-ethyl adjacent to an activating group) is 1. The number of aromatic amines is 1. The molecule has 7 heteroatoms. The Morgan fingerprint density at radius 2 is 2.08 bits per heavy atom. The number of H-pyrrole nitrogens is 1. The predicted molar refractivity (Wildman–Crippen MR) is 104 cm³/mol. The number of thiazole rings is 1. The van der Waals surface area contributed by atoms with E-state index in [9.17, 15) is 4.79 Å². The molecule has 2 aromatic rings. The number of hydrogen-bond acceptors (Lipinski definition) is 5. The third-order valence-electron chi connectivity index (χ3n) is 4.41. The van der Waals surface area contributed by atoms with Crippen molar-refractivity contribution >= 4 is 35.1 Å². The summed E-state index contributed by atoms with van der Waals surface area (Å²) in [6.07, 6.45) is 0.389. The molecule has 1 aromatic heterocycles. The van der Waals surface area contributed by atoms with Crippen molar-refractivity contribution in [3.8, 4) is 0 Å². The lowest BCUT2D eigenvalue weighted by Crippen LogP contribution is -2.37. The van der Waals surface area contributed by atoms with Gasteiger partial charge in [0.2, 0.25) is 5.91 Å². The van der Waals surface area contributed by atoms with Gasteiger partial charge in [-0.15, -0.1) is 11.3 Å². The Balaban J connectivity index is 1.70. The predicted octanol–water partition coefficient (Wildman–Crippen LogP) is 3.15. The number of carbonyl (C=O) groups excluding carboxylic acids is 1. The normalized spacial score (nSPS) is 14.6. The van der Waals surface area contributed by atoms with Crippen LogP contribution in [-0.2, 0) is 22.5 Å². The van der Waals surface area contributed by atoms with E-state index in [-0.39, 0.29) is 5.91 Å². The molecule has 1 aliphatic heterocycles. The van der Waals surface area contributed by atoms with Gasteiger partial charge in [-0.1, -0.05) is 18.2 Å². The Bertz CT molecular complexity index is 794. The van der Waals surface area contributed by atoms with E-state index in [1.807, 2.05) is 26.1 Å². The molecule has 0 saturated carbocycles. The lowest BCUT2D eigenvalue weighted by Gasteiger charge is -2.31. The van der Waals surface area contributed by atoms with Gasteiger partial charge in [-0.05, 0) is 30.8 Å². The number of hydrogen-bond donors (Lipinski definition) is 1. The van der Waals surface area contributed by atoms with E-state index in [1.54, 1.807) is 4.90 Å². The first-order valence-electron chi connectivity index (χ1n) is 8.37. The van der Waals surface area contributed by atoms with Crippen LogP contribution < -0.4 is 4.90 Å². The number of para-hydroxylation sites is 1. The minimum absolute atomic E-state index is 0.102. The Morgan fingerprint density at radius 1 is 1.36 bits per heavy atom. The third-order valence-corrected chi connectivity index (χ3v) is 5.75. The summed E-state index contributed by atoms with van der Waals surface area (Å²) in [5.74, 6) is 0.102. The van der Waals surface area contributed by atoms with E-state index in [4.69, 9.17) is 17.0 Å². The monoisotopic (exact) mass is 377 g/mol. The summed E-state index contributed by atoms with van der Waals surface area (Å²) >= 11 is 6.64. The van der Waals surface area contributed by atoms with Crippen LogP contribution in [0.5, 0.6) is 0 Å². The standard InChI is InChI=1S/C18H23N3O2S2/c1-13-16(25-18(24)19-13)11-17(22)20(2)12-14-5-3-4-6-15(14)21-7-9-23-10-8-21/h3-6H,7-12H2,1-2H3,(H,19,24). The molecule has 0 unspecified atom stereocenters. The fourth-order valence-corrected chi connectivity index (χ4v) is 4.26. The highest BCUT2D eigenvalue weighted by Crippen LogP contribution is 2.23. The molecular weight excluding hydrogens is 354 g/mol. The molecular formula is C18H23N3O2S2. The molecule has 0 radical (unpaired) electrons. The van der Waals surface area contributed by atoms with Crippen molar-refractivity contribution in [1.82, 2.24) is 9.88 Å². The molecule has 134 valence electrons. The summed E-state index contributed by atoms with van der Waals surface area (Å²) in [6.45, 7) is 5.84. The molecule has 1 saturated heterocycles. The molecule has 1 N–H and O–H groups in total. The molecule has 0 atom stereocenters. The van der Waals surface area contributed by atoms with Gasteiger partial charge in [0.05, 0.1) is 19.6 Å². The summed E-state index contributed by atoms with van der Waals surface area (Å²) < 4.78 is 6.17. The van der Waals surface area contributed by atoms with Crippen molar-refractivity contribution in [3.63, 3.8) is 0 Å². The van der Waals surface area contributed by atoms with E-state index in [0.717, 1.165) is 40.8 Å². The Hall–Kier alpha value is -1.70. The molecule has 5 nitrogen and oxygen atoms in total. The largest absolute Gasteiger partial charge is 0.378 e. The molecule has 0 bridgehead atoms. The average molecular weight is 378 g/mol. The Morgan fingerprint density at radius 3 is 2.76 bits per heavy atom. The van der Waals surface area contributed by atoms with Crippen molar-refractivity contribution in [2.75, 3.05) is 38.3 Å². The molecule has 2 heterocycles. The number of ether oxygens (including phenoxy) is 1. The van der Waals surface area contributed by atoms with Gasteiger partial charge in [-0.3, -0.25) is 4.79 Å². The van der Waals surface area contributed by atoms with Crippen LogP contribution in [-0.4, -0.2) is 49.1 Å². The van der Waals surface area contributed by atoms with Gasteiger partial charge >= 0.3 is 0 Å². The number of aromatic nitrogens is 1. The van der Waals surface area contributed by atoms with Crippen LogP contribution in [0.15, 0.2) is 24.3 Å². The first-order chi connectivity index (χ1) is 12.0. The summed E-state index contributed by atoms with van der Waals surface area (Å²) in [5.41, 5.74) is 3.35. The maximum Gasteiger partial charge on any atom is 0.227 e. The van der Waals surface area contributed by atoms with Gasteiger partial charge in [0, 0.05) is 42.9 Å². The highest BCUT2D eigenvalue weighted by molar-refractivity contribution is 7.73. The van der Waals surface area contributed by atoms with Crippen LogP contribution in [0.3, 0.4) is 0 Å². The van der Waals surface area contributed by atoms with Crippen LogP contribution in [0.2, 0.25) is 0 Å². The van der Waals surface area contributed by atoms with Crippen LogP contribution in [0.1, 0.15) is 16.1 Å². The number of nitrogens with zero attached hydrogens (tertiary/aromatic N) is 2. The Kier molecular flexibility index (Phi) is 5.88. The SMILES string of the molecule is Cc1[nH]c(=S)sc1CC(=O)N(C)Cc1ccccc1N1CCOCC1. The summed E-state index contributed by atoms with van der Waals surface area (Å²) in [5, 5.41) is 0. The van der Waals surface area contributed by atoms with Gasteiger partial charge in [-0.2, -0.15) is 0 Å². The maximum absolute atomic E-state index is 12.6. The Labute approximate surface area is 157 Å². The van der Waals surface area contributed by atoms with E-state index >= 15 is 0 Å². The van der Waals surface area contributed by atoms with Crippen molar-refractivity contribution in [1.29, 1.82) is 0 Å². The minimum Gasteiger partial charge on any atom is -0.378 e. The number of carbonyl (C=O) groups is 1. The number of morpholine rings is 1. The fourth-order valence-electron chi connectivity index (χ4n) is 2.98. The van der Waals surface area contributed by atoms with Crippen molar-refractivity contribution in [2.24, 2.45) is 0 Å². The second-order valence-corrected chi connectivity index (χ2v) is 7.99. The summed E-state index contributed by atoms with van der Waals surface area (Å²) in [4.78, 5) is 20.9. The number of aryl methyl sites for hydroxylation is 1. The summed E-state index contributed by atoms with van der Waals surface area (Å²) in [7, 11) is 1.86. The molecule has 3 rings (SSSR count). The number of anilines is 1. The molecule has 1 amide bonds. The number of rotatable bonds is 5. The number of benzene rings is 1. The molecule has 25 heavy (non-hydrogen) atoms. The average Bonchev–Trinajstić information content (AvgIpc) is 2.93.